The van der Waals surface area contributed by atoms with Crippen LogP contribution in [0.15, 0.2) is 40.2 Å². The Morgan fingerprint density at radius 2 is 2.22 bits per heavy atom. The van der Waals surface area contributed by atoms with E-state index in [0.29, 0.717) is 5.69 Å². The van der Waals surface area contributed by atoms with Gasteiger partial charge in [0.25, 0.3) is 0 Å². The second-order valence-electron chi connectivity index (χ2n) is 3.88. The van der Waals surface area contributed by atoms with Crippen molar-refractivity contribution in [2.24, 2.45) is 0 Å². The summed E-state index contributed by atoms with van der Waals surface area (Å²) < 4.78 is 0.759. The van der Waals surface area contributed by atoms with Gasteiger partial charge in [0.1, 0.15) is 0 Å². The Hall–Kier alpha value is -1.33. The van der Waals surface area contributed by atoms with Gasteiger partial charge in [-0.3, -0.25) is 0 Å². The molecule has 1 aromatic heterocycles. The van der Waals surface area contributed by atoms with Gasteiger partial charge in [-0.1, -0.05) is 22.0 Å². The number of aromatic carboxylic acids is 1. The van der Waals surface area contributed by atoms with Gasteiger partial charge in [-0.05, 0) is 36.6 Å². The minimum atomic E-state index is -0.933. The molecule has 0 saturated heterocycles. The molecule has 0 amide bonds. The molecular formula is C13H12BrNO2S. The molecule has 18 heavy (non-hydrogen) atoms. The van der Waals surface area contributed by atoms with Crippen molar-refractivity contribution in [2.75, 3.05) is 5.32 Å². The standard InChI is InChI=1S/C13H12BrNO2S/c1-8(12-3-2-6-18-12)15-11-5-4-9(14)7-10(11)13(16)17/h2-8,15H,1H3,(H,16,17). The van der Waals surface area contributed by atoms with E-state index in [1.807, 2.05) is 30.5 Å². The topological polar surface area (TPSA) is 49.3 Å². The van der Waals surface area contributed by atoms with E-state index >= 15 is 0 Å². The first-order valence-corrected chi connectivity index (χ1v) is 7.08. The third kappa shape index (κ3) is 2.91. The molecule has 0 radical (unpaired) electrons. The van der Waals surface area contributed by atoms with Crippen LogP contribution in [0.1, 0.15) is 28.2 Å². The van der Waals surface area contributed by atoms with Gasteiger partial charge in [0.2, 0.25) is 0 Å². The zero-order chi connectivity index (χ0) is 13.1. The maximum Gasteiger partial charge on any atom is 0.337 e. The van der Waals surface area contributed by atoms with Gasteiger partial charge >= 0.3 is 5.97 Å². The molecular weight excluding hydrogens is 314 g/mol. The monoisotopic (exact) mass is 325 g/mol. The van der Waals surface area contributed by atoms with E-state index in [0.717, 1.165) is 4.47 Å². The van der Waals surface area contributed by atoms with Gasteiger partial charge in [0.05, 0.1) is 11.6 Å². The molecule has 0 bridgehead atoms. The number of hydrogen-bond acceptors (Lipinski definition) is 3. The zero-order valence-corrected chi connectivity index (χ0v) is 12.1. The van der Waals surface area contributed by atoms with Crippen molar-refractivity contribution in [1.82, 2.24) is 0 Å². The van der Waals surface area contributed by atoms with Crippen molar-refractivity contribution in [3.8, 4) is 0 Å². The van der Waals surface area contributed by atoms with Crippen molar-refractivity contribution in [2.45, 2.75) is 13.0 Å². The summed E-state index contributed by atoms with van der Waals surface area (Å²) in [5.74, 6) is -0.933. The molecule has 0 saturated carbocycles. The second-order valence-corrected chi connectivity index (χ2v) is 5.77. The minimum absolute atomic E-state index is 0.0873. The van der Waals surface area contributed by atoms with Crippen LogP contribution in [0.2, 0.25) is 0 Å². The Bertz CT molecular complexity index is 554. The average Bonchev–Trinajstić information content (AvgIpc) is 2.84. The van der Waals surface area contributed by atoms with Gasteiger partial charge in [-0.15, -0.1) is 11.3 Å². The van der Waals surface area contributed by atoms with E-state index in [-0.39, 0.29) is 11.6 Å². The highest BCUT2D eigenvalue weighted by atomic mass is 79.9. The highest BCUT2D eigenvalue weighted by Gasteiger charge is 2.13. The van der Waals surface area contributed by atoms with Crippen molar-refractivity contribution >= 4 is 38.9 Å². The zero-order valence-electron chi connectivity index (χ0n) is 9.68. The molecule has 1 unspecified atom stereocenters. The number of thiophene rings is 1. The normalized spacial score (nSPS) is 12.1. The number of carboxylic acids is 1. The number of nitrogens with one attached hydrogen (secondary N) is 1. The van der Waals surface area contributed by atoms with E-state index < -0.39 is 5.97 Å². The summed E-state index contributed by atoms with van der Waals surface area (Å²) in [7, 11) is 0. The Labute approximate surface area is 118 Å². The van der Waals surface area contributed by atoms with Crippen LogP contribution < -0.4 is 5.32 Å². The fourth-order valence-corrected chi connectivity index (χ4v) is 2.76. The number of anilines is 1. The summed E-state index contributed by atoms with van der Waals surface area (Å²) in [6.45, 7) is 2.01. The molecule has 0 spiro atoms. The quantitative estimate of drug-likeness (QED) is 0.876. The molecule has 1 heterocycles. The van der Waals surface area contributed by atoms with Gasteiger partial charge in [-0.25, -0.2) is 4.79 Å². The number of benzene rings is 1. The average molecular weight is 326 g/mol. The van der Waals surface area contributed by atoms with E-state index in [1.54, 1.807) is 23.5 Å². The first kappa shape index (κ1) is 13.1. The Morgan fingerprint density at radius 1 is 1.44 bits per heavy atom. The highest BCUT2D eigenvalue weighted by Crippen LogP contribution is 2.27. The predicted octanol–water partition coefficient (Wildman–Crippen LogP) is 4.38. The fourth-order valence-electron chi connectivity index (χ4n) is 1.66. The summed E-state index contributed by atoms with van der Waals surface area (Å²) in [4.78, 5) is 12.4. The van der Waals surface area contributed by atoms with Crippen LogP contribution in [0, 0.1) is 0 Å². The van der Waals surface area contributed by atoms with E-state index in [2.05, 4.69) is 21.2 Å². The van der Waals surface area contributed by atoms with Crippen molar-refractivity contribution < 1.29 is 9.90 Å². The van der Waals surface area contributed by atoms with Crippen LogP contribution >= 0.6 is 27.3 Å². The lowest BCUT2D eigenvalue weighted by Crippen LogP contribution is -2.09. The maximum atomic E-state index is 11.2. The molecule has 2 aromatic rings. The molecule has 94 valence electrons. The lowest BCUT2D eigenvalue weighted by Gasteiger charge is -2.15. The Kier molecular flexibility index (Phi) is 4.04. The van der Waals surface area contributed by atoms with Crippen LogP contribution in [0.5, 0.6) is 0 Å². The van der Waals surface area contributed by atoms with Crippen LogP contribution in [0.4, 0.5) is 5.69 Å². The smallest absolute Gasteiger partial charge is 0.337 e. The summed E-state index contributed by atoms with van der Waals surface area (Å²) >= 11 is 4.93. The molecule has 0 fully saturated rings. The maximum absolute atomic E-state index is 11.2. The number of hydrogen-bond donors (Lipinski definition) is 2. The lowest BCUT2D eigenvalue weighted by molar-refractivity contribution is 0.0698. The van der Waals surface area contributed by atoms with Crippen LogP contribution in [0.25, 0.3) is 0 Å². The highest BCUT2D eigenvalue weighted by molar-refractivity contribution is 9.10. The third-order valence-corrected chi connectivity index (χ3v) is 4.10. The molecule has 3 nitrogen and oxygen atoms in total. The van der Waals surface area contributed by atoms with Crippen molar-refractivity contribution in [3.05, 3.63) is 50.6 Å². The first-order chi connectivity index (χ1) is 8.58. The second kappa shape index (κ2) is 5.54. The molecule has 1 atom stereocenters. The molecule has 0 aliphatic rings. The first-order valence-electron chi connectivity index (χ1n) is 5.40. The SMILES string of the molecule is CC(Nc1ccc(Br)cc1C(=O)O)c1cccs1. The number of rotatable bonds is 4. The largest absolute Gasteiger partial charge is 0.478 e. The molecule has 1 aromatic carbocycles. The van der Waals surface area contributed by atoms with E-state index in [4.69, 9.17) is 0 Å². The molecule has 5 heteroatoms. The number of halogens is 1. The Morgan fingerprint density at radius 3 is 2.83 bits per heavy atom. The summed E-state index contributed by atoms with van der Waals surface area (Å²) in [6.07, 6.45) is 0. The Balaban J connectivity index is 2.26. The van der Waals surface area contributed by atoms with Crippen molar-refractivity contribution in [1.29, 1.82) is 0 Å². The molecule has 2 rings (SSSR count). The third-order valence-electron chi connectivity index (χ3n) is 2.55. The van der Waals surface area contributed by atoms with E-state index in [1.165, 1.54) is 4.88 Å². The molecule has 2 N–H and O–H groups in total. The summed E-state index contributed by atoms with van der Waals surface area (Å²) in [5, 5.41) is 14.4. The van der Waals surface area contributed by atoms with Gasteiger partial charge in [-0.2, -0.15) is 0 Å². The summed E-state index contributed by atoms with van der Waals surface area (Å²) in [6, 6.07) is 9.31. The minimum Gasteiger partial charge on any atom is -0.478 e. The number of carbonyl (C=O) groups is 1. The summed E-state index contributed by atoms with van der Waals surface area (Å²) in [5.41, 5.74) is 0.902. The van der Waals surface area contributed by atoms with E-state index in [9.17, 15) is 9.90 Å². The lowest BCUT2D eigenvalue weighted by atomic mass is 10.1. The fraction of sp³-hybridized carbons (Fsp3) is 0.154. The predicted molar refractivity (Wildman–Crippen MR) is 77.5 cm³/mol. The molecule has 0 aliphatic heterocycles. The van der Waals surface area contributed by atoms with Crippen molar-refractivity contribution in [3.63, 3.8) is 0 Å². The van der Waals surface area contributed by atoms with Crippen LogP contribution in [-0.2, 0) is 0 Å². The van der Waals surface area contributed by atoms with Crippen LogP contribution in [0.3, 0.4) is 0 Å². The number of carboxylic acid groups (broad SMARTS) is 1. The van der Waals surface area contributed by atoms with Gasteiger partial charge < -0.3 is 10.4 Å². The van der Waals surface area contributed by atoms with Gasteiger partial charge in [0.15, 0.2) is 0 Å². The van der Waals surface area contributed by atoms with Gasteiger partial charge in [0, 0.05) is 15.0 Å². The molecule has 0 aliphatic carbocycles. The van der Waals surface area contributed by atoms with Crippen LogP contribution in [-0.4, -0.2) is 11.1 Å².